The molecule has 0 atom stereocenters. The molecular weight excluding hydrogens is 359 g/mol. The second-order valence-electron chi connectivity index (χ2n) is 4.60. The summed E-state index contributed by atoms with van der Waals surface area (Å²) in [5.74, 6) is -0.0236. The van der Waals surface area contributed by atoms with Gasteiger partial charge in [-0.1, -0.05) is 29.3 Å². The summed E-state index contributed by atoms with van der Waals surface area (Å²) in [4.78, 5) is 30.1. The van der Waals surface area contributed by atoms with Gasteiger partial charge in [-0.2, -0.15) is 4.98 Å². The van der Waals surface area contributed by atoms with Crippen LogP contribution in [0.15, 0.2) is 28.0 Å². The topological polar surface area (TPSA) is 72.0 Å². The Hall–Kier alpha value is -1.50. The number of nitrogens with zero attached hydrogens (tertiary/aromatic N) is 1. The van der Waals surface area contributed by atoms with Gasteiger partial charge in [-0.15, -0.1) is 11.8 Å². The van der Waals surface area contributed by atoms with E-state index in [1.54, 1.807) is 26.0 Å². The molecule has 23 heavy (non-hydrogen) atoms. The first-order valence-electron chi connectivity index (χ1n) is 6.77. The molecule has 1 N–H and O–H groups in total. The summed E-state index contributed by atoms with van der Waals surface area (Å²) < 4.78 is 5.02. The van der Waals surface area contributed by atoms with Gasteiger partial charge < -0.3 is 9.72 Å². The average Bonchev–Trinajstić information content (AvgIpc) is 2.48. The van der Waals surface area contributed by atoms with Gasteiger partial charge in [-0.3, -0.25) is 0 Å². The van der Waals surface area contributed by atoms with Crippen molar-refractivity contribution >= 4 is 40.9 Å². The van der Waals surface area contributed by atoms with Gasteiger partial charge in [0.05, 0.1) is 16.7 Å². The van der Waals surface area contributed by atoms with Crippen LogP contribution in [0.25, 0.3) is 0 Å². The van der Waals surface area contributed by atoms with E-state index in [0.717, 1.165) is 5.56 Å². The molecule has 5 nitrogen and oxygen atoms in total. The monoisotopic (exact) mass is 372 g/mol. The fraction of sp³-hybridized carbons (Fsp3) is 0.267. The molecular formula is C15H14Cl2N2O3S. The number of carbonyl (C=O) groups is 1. The third kappa shape index (κ3) is 4.50. The minimum atomic E-state index is -0.509. The summed E-state index contributed by atoms with van der Waals surface area (Å²) >= 11 is 13.1. The number of aromatic nitrogens is 2. The Labute approximate surface area is 147 Å². The standard InChI is InChI=1S/C15H14Cl2N2O3S/c1-3-22-14(20)12-8(2)18-15(21)19-13(12)23-7-9-4-5-10(16)11(17)6-9/h4-6H,3,7H2,1-2H3,(H,18,19,21). The Morgan fingerprint density at radius 1 is 1.35 bits per heavy atom. The fourth-order valence-corrected chi connectivity index (χ4v) is 3.22. The predicted molar refractivity (Wildman–Crippen MR) is 91.6 cm³/mol. The summed E-state index contributed by atoms with van der Waals surface area (Å²) in [5.41, 5.74) is 1.10. The molecule has 0 saturated carbocycles. The number of halogens is 2. The Balaban J connectivity index is 2.29. The van der Waals surface area contributed by atoms with Crippen LogP contribution in [0.1, 0.15) is 28.5 Å². The van der Waals surface area contributed by atoms with Crippen molar-refractivity contribution in [1.29, 1.82) is 0 Å². The minimum Gasteiger partial charge on any atom is -0.462 e. The molecule has 0 aliphatic carbocycles. The number of esters is 1. The van der Waals surface area contributed by atoms with Gasteiger partial charge in [-0.25, -0.2) is 9.59 Å². The Kier molecular flexibility index (Phi) is 6.10. The van der Waals surface area contributed by atoms with E-state index < -0.39 is 11.7 Å². The number of nitrogens with one attached hydrogen (secondary N) is 1. The number of thioether (sulfide) groups is 1. The van der Waals surface area contributed by atoms with Gasteiger partial charge in [0.25, 0.3) is 0 Å². The zero-order chi connectivity index (χ0) is 17.0. The highest BCUT2D eigenvalue weighted by atomic mass is 35.5. The van der Waals surface area contributed by atoms with E-state index in [9.17, 15) is 9.59 Å². The molecule has 0 aliphatic rings. The van der Waals surface area contributed by atoms with Crippen molar-refractivity contribution in [1.82, 2.24) is 9.97 Å². The maximum atomic E-state index is 12.1. The lowest BCUT2D eigenvalue weighted by Gasteiger charge is -2.10. The average molecular weight is 373 g/mol. The largest absolute Gasteiger partial charge is 0.462 e. The molecule has 1 aromatic carbocycles. The molecule has 0 spiro atoms. The third-order valence-corrected chi connectivity index (χ3v) is 4.71. The molecule has 122 valence electrons. The van der Waals surface area contributed by atoms with Crippen LogP contribution < -0.4 is 5.69 Å². The highest BCUT2D eigenvalue weighted by molar-refractivity contribution is 7.98. The molecule has 8 heteroatoms. The summed E-state index contributed by atoms with van der Waals surface area (Å²) in [6, 6.07) is 5.26. The smallest absolute Gasteiger partial charge is 0.346 e. The zero-order valence-electron chi connectivity index (χ0n) is 12.5. The molecule has 2 aromatic rings. The quantitative estimate of drug-likeness (QED) is 0.490. The van der Waals surface area contributed by atoms with E-state index in [0.29, 0.717) is 26.5 Å². The second kappa shape index (κ2) is 7.86. The maximum absolute atomic E-state index is 12.1. The van der Waals surface area contributed by atoms with Crippen molar-refractivity contribution < 1.29 is 9.53 Å². The van der Waals surface area contributed by atoms with Crippen molar-refractivity contribution in [2.75, 3.05) is 6.61 Å². The molecule has 2 rings (SSSR count). The predicted octanol–water partition coefficient (Wildman–Crippen LogP) is 3.85. The van der Waals surface area contributed by atoms with Crippen LogP contribution in [0.4, 0.5) is 0 Å². The number of benzene rings is 1. The van der Waals surface area contributed by atoms with Gasteiger partial charge in [0, 0.05) is 11.4 Å². The second-order valence-corrected chi connectivity index (χ2v) is 6.38. The number of H-pyrrole nitrogens is 1. The number of aryl methyl sites for hydroxylation is 1. The summed E-state index contributed by atoms with van der Waals surface area (Å²) in [7, 11) is 0. The van der Waals surface area contributed by atoms with E-state index >= 15 is 0 Å². The number of hydrogen-bond donors (Lipinski definition) is 1. The van der Waals surface area contributed by atoms with Crippen LogP contribution in [0.3, 0.4) is 0 Å². The first-order valence-corrected chi connectivity index (χ1v) is 8.51. The summed E-state index contributed by atoms with van der Waals surface area (Å²) in [5, 5.41) is 1.25. The highest BCUT2D eigenvalue weighted by Crippen LogP contribution is 2.28. The number of carbonyl (C=O) groups excluding carboxylic acids is 1. The van der Waals surface area contributed by atoms with E-state index in [1.807, 2.05) is 6.07 Å². The highest BCUT2D eigenvalue weighted by Gasteiger charge is 2.19. The normalized spacial score (nSPS) is 10.6. The van der Waals surface area contributed by atoms with Gasteiger partial charge in [0.2, 0.25) is 0 Å². The van der Waals surface area contributed by atoms with Crippen molar-refractivity contribution in [2.45, 2.75) is 24.6 Å². The number of hydrogen-bond acceptors (Lipinski definition) is 5. The molecule has 1 aromatic heterocycles. The lowest BCUT2D eigenvalue weighted by molar-refractivity contribution is 0.0519. The van der Waals surface area contributed by atoms with Crippen molar-refractivity contribution in [2.24, 2.45) is 0 Å². The fourth-order valence-electron chi connectivity index (χ4n) is 1.89. The van der Waals surface area contributed by atoms with E-state index in [2.05, 4.69) is 9.97 Å². The molecule has 0 aliphatic heterocycles. The van der Waals surface area contributed by atoms with Crippen LogP contribution in [0.2, 0.25) is 10.0 Å². The summed E-state index contributed by atoms with van der Waals surface area (Å²) in [6.07, 6.45) is 0. The zero-order valence-corrected chi connectivity index (χ0v) is 14.8. The van der Waals surface area contributed by atoms with Crippen LogP contribution in [-0.4, -0.2) is 22.5 Å². The van der Waals surface area contributed by atoms with Crippen LogP contribution in [0, 0.1) is 6.92 Å². The number of aromatic amines is 1. The molecule has 0 unspecified atom stereocenters. The van der Waals surface area contributed by atoms with Crippen molar-refractivity contribution in [3.8, 4) is 0 Å². The van der Waals surface area contributed by atoms with Crippen LogP contribution in [0.5, 0.6) is 0 Å². The van der Waals surface area contributed by atoms with E-state index in [-0.39, 0.29) is 12.2 Å². The van der Waals surface area contributed by atoms with Crippen LogP contribution >= 0.6 is 35.0 Å². The Morgan fingerprint density at radius 2 is 2.09 bits per heavy atom. The van der Waals surface area contributed by atoms with Crippen molar-refractivity contribution in [3.63, 3.8) is 0 Å². The molecule has 1 heterocycles. The SMILES string of the molecule is CCOC(=O)c1c(SCc2ccc(Cl)c(Cl)c2)nc(=O)[nH]c1C. The lowest BCUT2D eigenvalue weighted by atomic mass is 10.2. The Bertz CT molecular complexity index is 793. The molecule has 0 radical (unpaired) electrons. The number of rotatable bonds is 5. The first-order chi connectivity index (χ1) is 10.9. The maximum Gasteiger partial charge on any atom is 0.346 e. The molecule has 0 bridgehead atoms. The molecule has 0 amide bonds. The van der Waals surface area contributed by atoms with E-state index in [4.69, 9.17) is 27.9 Å². The lowest BCUT2D eigenvalue weighted by Crippen LogP contribution is -2.19. The summed E-state index contributed by atoms with van der Waals surface area (Å²) in [6.45, 7) is 3.60. The Morgan fingerprint density at radius 3 is 2.74 bits per heavy atom. The van der Waals surface area contributed by atoms with Gasteiger partial charge >= 0.3 is 11.7 Å². The van der Waals surface area contributed by atoms with E-state index in [1.165, 1.54) is 11.8 Å². The molecule has 0 fully saturated rings. The minimum absolute atomic E-state index is 0.244. The third-order valence-electron chi connectivity index (χ3n) is 2.93. The molecule has 0 saturated heterocycles. The van der Waals surface area contributed by atoms with Gasteiger partial charge in [0.15, 0.2) is 0 Å². The van der Waals surface area contributed by atoms with Crippen LogP contribution in [-0.2, 0) is 10.5 Å². The van der Waals surface area contributed by atoms with Crippen molar-refractivity contribution in [3.05, 3.63) is 55.5 Å². The number of ether oxygens (including phenoxy) is 1. The van der Waals surface area contributed by atoms with Gasteiger partial charge in [0.1, 0.15) is 10.6 Å². The van der Waals surface area contributed by atoms with Gasteiger partial charge in [-0.05, 0) is 31.5 Å². The first kappa shape index (κ1) is 17.8.